The van der Waals surface area contributed by atoms with Crippen molar-refractivity contribution in [2.24, 2.45) is 0 Å². The van der Waals surface area contributed by atoms with Crippen molar-refractivity contribution < 1.29 is 19.5 Å². The first kappa shape index (κ1) is 10.7. The molecule has 0 aliphatic carbocycles. The molecule has 0 aromatic carbocycles. The van der Waals surface area contributed by atoms with Gasteiger partial charge in [-0.15, -0.1) is 0 Å². The molecule has 0 spiro atoms. The zero-order valence-electron chi connectivity index (χ0n) is 5.24. The van der Waals surface area contributed by atoms with Gasteiger partial charge in [0, 0.05) is 6.42 Å². The van der Waals surface area contributed by atoms with Gasteiger partial charge in [0.1, 0.15) is 0 Å². The zero-order chi connectivity index (χ0) is 7.56. The molecular weight excluding hydrogens is 161 g/mol. The van der Waals surface area contributed by atoms with Crippen LogP contribution >= 0.6 is 0 Å². The Morgan fingerprint density at radius 1 is 1.64 bits per heavy atom. The number of nitrogens with zero attached hydrogens (tertiary/aromatic N) is 1. The van der Waals surface area contributed by atoms with Crippen molar-refractivity contribution in [3.63, 3.8) is 0 Å². The maximum absolute atomic E-state index is 10.6. The second kappa shape index (κ2) is 4.58. The summed E-state index contributed by atoms with van der Waals surface area (Å²) in [5.41, 5.74) is 0. The van der Waals surface area contributed by atoms with Crippen molar-refractivity contribution >= 4 is 41.6 Å². The van der Waals surface area contributed by atoms with E-state index in [2.05, 4.69) is 4.84 Å². The van der Waals surface area contributed by atoms with E-state index in [1.54, 1.807) is 0 Å². The van der Waals surface area contributed by atoms with E-state index in [0.29, 0.717) is 19.4 Å². The van der Waals surface area contributed by atoms with Gasteiger partial charge < -0.3 is 9.94 Å². The second-order valence-electron chi connectivity index (χ2n) is 1.96. The van der Waals surface area contributed by atoms with Gasteiger partial charge >= 0.3 is 35.7 Å². The molecule has 1 heterocycles. The van der Waals surface area contributed by atoms with E-state index >= 15 is 0 Å². The van der Waals surface area contributed by atoms with Crippen LogP contribution in [0.5, 0.6) is 0 Å². The normalized spacial score (nSPS) is 16.0. The van der Waals surface area contributed by atoms with Crippen LogP contribution in [0.25, 0.3) is 0 Å². The van der Waals surface area contributed by atoms with Gasteiger partial charge in [-0.1, -0.05) is 0 Å². The first-order chi connectivity index (χ1) is 4.70. The van der Waals surface area contributed by atoms with Crippen LogP contribution in [0.1, 0.15) is 12.8 Å². The quantitative estimate of drug-likeness (QED) is 0.541. The Morgan fingerprint density at radius 3 is 2.64 bits per heavy atom. The fourth-order valence-corrected chi connectivity index (χ4v) is 0.814. The van der Waals surface area contributed by atoms with E-state index in [1.807, 2.05) is 0 Å². The summed E-state index contributed by atoms with van der Waals surface area (Å²) in [4.78, 5) is 24.7. The van der Waals surface area contributed by atoms with E-state index < -0.39 is 6.16 Å². The maximum atomic E-state index is 10.6. The van der Waals surface area contributed by atoms with E-state index in [-0.39, 0.29) is 35.5 Å². The standard InChI is InChI=1S/C5H7NO4.Na.H/c7-4-2-1-3-6(4)10-5(8)9;;/h1-3H2,(H,8,9);;. The number of hydroxylamine groups is 2. The van der Waals surface area contributed by atoms with Gasteiger partial charge in [0.15, 0.2) is 0 Å². The van der Waals surface area contributed by atoms with Crippen molar-refractivity contribution in [1.29, 1.82) is 0 Å². The van der Waals surface area contributed by atoms with Crippen LogP contribution in [0.3, 0.4) is 0 Å². The van der Waals surface area contributed by atoms with Crippen LogP contribution < -0.4 is 0 Å². The SMILES string of the molecule is O=C(O)ON1CCCC1=O.[NaH]. The molecule has 0 aromatic heterocycles. The average molecular weight is 169 g/mol. The summed E-state index contributed by atoms with van der Waals surface area (Å²) in [6, 6.07) is 0. The average Bonchev–Trinajstić information content (AvgIpc) is 2.15. The Bertz CT molecular complexity index is 172. The molecule has 1 aliphatic rings. The van der Waals surface area contributed by atoms with Crippen molar-refractivity contribution in [2.75, 3.05) is 6.54 Å². The van der Waals surface area contributed by atoms with Crippen molar-refractivity contribution in [1.82, 2.24) is 5.06 Å². The molecule has 5 nitrogen and oxygen atoms in total. The summed E-state index contributed by atoms with van der Waals surface area (Å²) >= 11 is 0. The third-order valence-corrected chi connectivity index (χ3v) is 1.22. The third kappa shape index (κ3) is 3.09. The van der Waals surface area contributed by atoms with E-state index in [1.165, 1.54) is 0 Å². The second-order valence-corrected chi connectivity index (χ2v) is 1.96. The number of amides is 1. The van der Waals surface area contributed by atoms with Gasteiger partial charge in [-0.05, 0) is 6.42 Å². The molecule has 0 aromatic rings. The molecule has 1 rings (SSSR count). The first-order valence-electron chi connectivity index (χ1n) is 2.91. The molecule has 0 atom stereocenters. The van der Waals surface area contributed by atoms with Crippen LogP contribution in [0.2, 0.25) is 0 Å². The van der Waals surface area contributed by atoms with Gasteiger partial charge in [0.2, 0.25) is 0 Å². The molecular formula is C5H8NNaO4. The molecule has 6 heteroatoms. The summed E-state index contributed by atoms with van der Waals surface area (Å²) < 4.78 is 0. The Labute approximate surface area is 85.6 Å². The summed E-state index contributed by atoms with van der Waals surface area (Å²) in [6.45, 7) is 0.380. The molecule has 58 valence electrons. The fourth-order valence-electron chi connectivity index (χ4n) is 0.814. The van der Waals surface area contributed by atoms with E-state index in [0.717, 1.165) is 5.06 Å². The molecule has 1 aliphatic heterocycles. The van der Waals surface area contributed by atoms with E-state index in [4.69, 9.17) is 5.11 Å². The predicted molar refractivity (Wildman–Crippen MR) is 37.2 cm³/mol. The number of carbonyl (C=O) groups is 2. The molecule has 0 unspecified atom stereocenters. The van der Waals surface area contributed by atoms with Gasteiger partial charge in [-0.3, -0.25) is 4.79 Å². The van der Waals surface area contributed by atoms with Gasteiger partial charge in [-0.25, -0.2) is 4.79 Å². The monoisotopic (exact) mass is 169 g/mol. The van der Waals surface area contributed by atoms with Crippen LogP contribution in [-0.4, -0.2) is 58.3 Å². The number of carboxylic acid groups (broad SMARTS) is 1. The summed E-state index contributed by atoms with van der Waals surface area (Å²) in [5.74, 6) is -0.262. The topological polar surface area (TPSA) is 66.8 Å². The predicted octanol–water partition coefficient (Wildman–Crippen LogP) is -0.430. The number of hydrogen-bond donors (Lipinski definition) is 1. The van der Waals surface area contributed by atoms with Crippen molar-refractivity contribution in [3.8, 4) is 0 Å². The number of rotatable bonds is 1. The summed E-state index contributed by atoms with van der Waals surface area (Å²) in [5, 5.41) is 8.94. The molecule has 0 radical (unpaired) electrons. The van der Waals surface area contributed by atoms with Gasteiger partial charge in [-0.2, -0.15) is 5.06 Å². The van der Waals surface area contributed by atoms with Crippen LogP contribution in [0.15, 0.2) is 0 Å². The van der Waals surface area contributed by atoms with Crippen molar-refractivity contribution in [2.45, 2.75) is 12.8 Å². The van der Waals surface area contributed by atoms with Crippen LogP contribution in [-0.2, 0) is 9.63 Å². The molecule has 1 fully saturated rings. The Hall–Kier alpha value is -0.260. The molecule has 0 saturated carbocycles. The molecule has 11 heavy (non-hydrogen) atoms. The van der Waals surface area contributed by atoms with E-state index in [9.17, 15) is 9.59 Å². The summed E-state index contributed by atoms with van der Waals surface area (Å²) in [7, 11) is 0. The van der Waals surface area contributed by atoms with Gasteiger partial charge in [0.05, 0.1) is 6.54 Å². The Balaban J connectivity index is 0.000001000. The Kier molecular flexibility index (Phi) is 4.48. The van der Waals surface area contributed by atoms with Crippen LogP contribution in [0.4, 0.5) is 4.79 Å². The van der Waals surface area contributed by atoms with Gasteiger partial charge in [0.25, 0.3) is 5.91 Å². The number of carbonyl (C=O) groups excluding carboxylic acids is 1. The first-order valence-corrected chi connectivity index (χ1v) is 2.91. The molecule has 0 bridgehead atoms. The minimum absolute atomic E-state index is 0. The molecule has 1 amide bonds. The van der Waals surface area contributed by atoms with Crippen molar-refractivity contribution in [3.05, 3.63) is 0 Å². The molecule has 1 saturated heterocycles. The summed E-state index contributed by atoms with van der Waals surface area (Å²) in [6.07, 6.45) is -0.380. The molecule has 1 N–H and O–H groups in total. The Morgan fingerprint density at radius 2 is 2.27 bits per heavy atom. The number of hydrogen-bond acceptors (Lipinski definition) is 3. The fraction of sp³-hybridized carbons (Fsp3) is 0.600. The minimum atomic E-state index is -1.43. The van der Waals surface area contributed by atoms with Crippen LogP contribution in [0, 0.1) is 0 Å². The zero-order valence-corrected chi connectivity index (χ0v) is 5.24. The third-order valence-electron chi connectivity index (χ3n) is 1.22.